The highest BCUT2D eigenvalue weighted by atomic mass is 32.2. The lowest BCUT2D eigenvalue weighted by Crippen LogP contribution is -2.40. The molecule has 27 heavy (non-hydrogen) atoms. The summed E-state index contributed by atoms with van der Waals surface area (Å²) in [6.07, 6.45) is 3.30. The van der Waals surface area contributed by atoms with Crippen LogP contribution >= 0.6 is 0 Å². The lowest BCUT2D eigenvalue weighted by molar-refractivity contribution is 0.0730. The average Bonchev–Trinajstić information content (AvgIpc) is 2.70. The molecule has 0 spiro atoms. The van der Waals surface area contributed by atoms with Gasteiger partial charge in [-0.2, -0.15) is 4.31 Å². The topological polar surface area (TPSA) is 79.0 Å². The van der Waals surface area contributed by atoms with Crippen molar-refractivity contribution in [2.75, 3.05) is 53.0 Å². The van der Waals surface area contributed by atoms with Gasteiger partial charge in [-0.1, -0.05) is 6.07 Å². The Morgan fingerprint density at radius 1 is 1.19 bits per heavy atom. The minimum absolute atomic E-state index is 0.160. The van der Waals surface area contributed by atoms with Gasteiger partial charge in [-0.3, -0.25) is 4.79 Å². The van der Waals surface area contributed by atoms with E-state index in [1.54, 1.807) is 18.2 Å². The second-order valence-electron chi connectivity index (χ2n) is 7.34. The highest BCUT2D eigenvalue weighted by Gasteiger charge is 2.27. The summed E-state index contributed by atoms with van der Waals surface area (Å²) in [4.78, 5) is 14.9. The van der Waals surface area contributed by atoms with Gasteiger partial charge in [0.2, 0.25) is 10.0 Å². The Labute approximate surface area is 161 Å². The highest BCUT2D eigenvalue weighted by molar-refractivity contribution is 7.89. The number of hydrogen-bond donors (Lipinski definition) is 1. The molecule has 2 aliphatic rings. The molecule has 1 amide bonds. The van der Waals surface area contributed by atoms with Crippen LogP contribution < -0.4 is 5.32 Å². The summed E-state index contributed by atoms with van der Waals surface area (Å²) in [6.45, 7) is 4.32. The van der Waals surface area contributed by atoms with Crippen LogP contribution in [0, 0.1) is 5.92 Å². The third-order valence-electron chi connectivity index (χ3n) is 5.38. The molecule has 2 aliphatic heterocycles. The maximum Gasteiger partial charge on any atom is 0.251 e. The first-order chi connectivity index (χ1) is 13.0. The highest BCUT2D eigenvalue weighted by Crippen LogP contribution is 2.20. The molecular weight excluding hydrogens is 366 g/mol. The number of hydrogen-bond acceptors (Lipinski definition) is 5. The summed E-state index contributed by atoms with van der Waals surface area (Å²) in [6, 6.07) is 6.29. The summed E-state index contributed by atoms with van der Waals surface area (Å²) >= 11 is 0. The van der Waals surface area contributed by atoms with Gasteiger partial charge in [0.05, 0.1) is 18.1 Å². The molecule has 150 valence electrons. The number of piperidine rings is 1. The number of nitrogens with one attached hydrogen (secondary N) is 1. The van der Waals surface area contributed by atoms with Crippen LogP contribution in [0.1, 0.15) is 29.6 Å². The van der Waals surface area contributed by atoms with Gasteiger partial charge < -0.3 is 15.0 Å². The third kappa shape index (κ3) is 5.28. The van der Waals surface area contributed by atoms with Crippen LogP contribution in [0.3, 0.4) is 0 Å². The van der Waals surface area contributed by atoms with Crippen molar-refractivity contribution < 1.29 is 17.9 Å². The van der Waals surface area contributed by atoms with E-state index in [9.17, 15) is 13.2 Å². The van der Waals surface area contributed by atoms with Gasteiger partial charge in [0, 0.05) is 25.2 Å². The molecule has 2 fully saturated rings. The van der Waals surface area contributed by atoms with Crippen LogP contribution in [0.4, 0.5) is 0 Å². The second-order valence-corrected chi connectivity index (χ2v) is 9.27. The summed E-state index contributed by atoms with van der Waals surface area (Å²) in [7, 11) is -1.46. The van der Waals surface area contributed by atoms with Crippen LogP contribution in [-0.2, 0) is 14.8 Å². The van der Waals surface area contributed by atoms with Crippen molar-refractivity contribution in [3.63, 3.8) is 0 Å². The summed E-state index contributed by atoms with van der Waals surface area (Å²) in [5, 5.41) is 2.93. The molecule has 2 heterocycles. The quantitative estimate of drug-likeness (QED) is 0.782. The number of ether oxygens (including phenoxy) is 1. The Hall–Kier alpha value is -1.48. The van der Waals surface area contributed by atoms with E-state index in [2.05, 4.69) is 17.3 Å². The van der Waals surface area contributed by atoms with Crippen LogP contribution in [0.25, 0.3) is 0 Å². The van der Waals surface area contributed by atoms with Crippen molar-refractivity contribution in [3.05, 3.63) is 29.8 Å². The van der Waals surface area contributed by atoms with Crippen molar-refractivity contribution in [3.8, 4) is 0 Å². The van der Waals surface area contributed by atoms with Crippen molar-refractivity contribution in [1.82, 2.24) is 14.5 Å². The zero-order valence-electron chi connectivity index (χ0n) is 15.9. The molecule has 1 N–H and O–H groups in total. The van der Waals surface area contributed by atoms with Gasteiger partial charge in [-0.15, -0.1) is 0 Å². The van der Waals surface area contributed by atoms with Gasteiger partial charge in [0.1, 0.15) is 0 Å². The van der Waals surface area contributed by atoms with Crippen molar-refractivity contribution in [1.29, 1.82) is 0 Å². The molecule has 2 saturated heterocycles. The minimum Gasteiger partial charge on any atom is -0.379 e. The number of carbonyl (C=O) groups excluding carboxylic acids is 1. The zero-order chi connectivity index (χ0) is 19.3. The van der Waals surface area contributed by atoms with Crippen molar-refractivity contribution in [2.24, 2.45) is 5.92 Å². The number of sulfonamides is 1. The number of morpholine rings is 1. The van der Waals surface area contributed by atoms with Crippen LogP contribution in [0.5, 0.6) is 0 Å². The fraction of sp³-hybridized carbons (Fsp3) is 0.632. The van der Waals surface area contributed by atoms with Crippen LogP contribution in [0.15, 0.2) is 29.2 Å². The van der Waals surface area contributed by atoms with E-state index in [1.807, 2.05) is 0 Å². The standard InChI is InChI=1S/C19H29N3O4S/c1-21-9-6-16(7-10-21)5-8-20-19(23)17-3-2-4-18(15-17)27(24,25)22-11-13-26-14-12-22/h2-4,15-16H,5-14H2,1H3,(H,20,23). The second kappa shape index (κ2) is 9.14. The summed E-state index contributed by atoms with van der Waals surface area (Å²) in [5.74, 6) is 0.427. The van der Waals surface area contributed by atoms with Gasteiger partial charge >= 0.3 is 0 Å². The fourth-order valence-corrected chi connectivity index (χ4v) is 5.03. The smallest absolute Gasteiger partial charge is 0.251 e. The van der Waals surface area contributed by atoms with E-state index in [0.717, 1.165) is 19.5 Å². The Morgan fingerprint density at radius 2 is 1.89 bits per heavy atom. The fourth-order valence-electron chi connectivity index (χ4n) is 3.58. The molecule has 1 aromatic carbocycles. The maximum atomic E-state index is 12.7. The van der Waals surface area contributed by atoms with Gasteiger partial charge in [0.15, 0.2) is 0 Å². The number of likely N-dealkylation sites (tertiary alicyclic amines) is 1. The van der Waals surface area contributed by atoms with E-state index in [-0.39, 0.29) is 10.8 Å². The predicted octanol–water partition coefficient (Wildman–Crippen LogP) is 1.17. The first-order valence-corrected chi connectivity index (χ1v) is 11.1. The van der Waals surface area contributed by atoms with Gasteiger partial charge in [-0.25, -0.2) is 8.42 Å². The Kier molecular flexibility index (Phi) is 6.86. The molecule has 0 aromatic heterocycles. The van der Waals surface area contributed by atoms with Crippen LogP contribution in [-0.4, -0.2) is 76.5 Å². The largest absolute Gasteiger partial charge is 0.379 e. The van der Waals surface area contributed by atoms with E-state index >= 15 is 0 Å². The zero-order valence-corrected chi connectivity index (χ0v) is 16.7. The minimum atomic E-state index is -3.59. The van der Waals surface area contributed by atoms with Crippen molar-refractivity contribution in [2.45, 2.75) is 24.2 Å². The number of carbonyl (C=O) groups is 1. The number of benzene rings is 1. The molecule has 8 heteroatoms. The van der Waals surface area contributed by atoms with E-state index in [4.69, 9.17) is 4.74 Å². The molecule has 1 aromatic rings. The molecule has 0 aliphatic carbocycles. The Bertz CT molecular complexity index is 739. The first-order valence-electron chi connectivity index (χ1n) is 9.61. The van der Waals surface area contributed by atoms with Crippen molar-refractivity contribution >= 4 is 15.9 Å². The molecule has 0 saturated carbocycles. The predicted molar refractivity (Wildman–Crippen MR) is 103 cm³/mol. The van der Waals surface area contributed by atoms with E-state index in [1.165, 1.54) is 23.2 Å². The normalized spacial score (nSPS) is 20.5. The Balaban J connectivity index is 1.57. The monoisotopic (exact) mass is 395 g/mol. The molecule has 0 radical (unpaired) electrons. The average molecular weight is 396 g/mol. The third-order valence-corrected chi connectivity index (χ3v) is 7.27. The Morgan fingerprint density at radius 3 is 2.59 bits per heavy atom. The summed E-state index contributed by atoms with van der Waals surface area (Å²) < 4.78 is 32.1. The molecule has 0 atom stereocenters. The lowest BCUT2D eigenvalue weighted by atomic mass is 9.94. The van der Waals surface area contributed by atoms with Gasteiger partial charge in [0.25, 0.3) is 5.91 Å². The SMILES string of the molecule is CN1CCC(CCNC(=O)c2cccc(S(=O)(=O)N3CCOCC3)c2)CC1. The molecule has 7 nitrogen and oxygen atoms in total. The first kappa shape index (κ1) is 20.3. The van der Waals surface area contributed by atoms with Crippen LogP contribution in [0.2, 0.25) is 0 Å². The molecular formula is C19H29N3O4S. The maximum absolute atomic E-state index is 12.7. The number of nitrogens with zero attached hydrogens (tertiary/aromatic N) is 2. The van der Waals surface area contributed by atoms with E-state index in [0.29, 0.717) is 44.3 Å². The molecule has 3 rings (SSSR count). The lowest BCUT2D eigenvalue weighted by Gasteiger charge is -2.28. The summed E-state index contributed by atoms with van der Waals surface area (Å²) in [5.41, 5.74) is 0.382. The van der Waals surface area contributed by atoms with E-state index < -0.39 is 10.0 Å². The number of rotatable bonds is 6. The number of amides is 1. The molecule has 0 bridgehead atoms. The molecule has 0 unspecified atom stereocenters. The van der Waals surface area contributed by atoms with Gasteiger partial charge in [-0.05, 0) is 63.5 Å².